The van der Waals surface area contributed by atoms with Crippen molar-refractivity contribution in [2.24, 2.45) is 5.10 Å². The smallest absolute Gasteiger partial charge is 0.262 e. The maximum atomic E-state index is 13.6. The van der Waals surface area contributed by atoms with Crippen molar-refractivity contribution in [1.29, 1.82) is 0 Å². The molecule has 0 saturated heterocycles. The van der Waals surface area contributed by atoms with Crippen LogP contribution in [0.15, 0.2) is 76.4 Å². The van der Waals surface area contributed by atoms with Crippen molar-refractivity contribution in [3.8, 4) is 11.5 Å². The number of carbonyl (C=O) groups is 2. The Labute approximate surface area is 202 Å². The van der Waals surface area contributed by atoms with Crippen molar-refractivity contribution < 1.29 is 23.5 Å². The molecule has 1 aromatic heterocycles. The number of para-hydroxylation sites is 2. The van der Waals surface area contributed by atoms with Gasteiger partial charge in [-0.2, -0.15) is 5.10 Å². The fourth-order valence-electron chi connectivity index (χ4n) is 4.39. The van der Waals surface area contributed by atoms with E-state index in [2.05, 4.69) is 5.32 Å². The number of fused-ring (bicyclic) bond motifs is 1. The number of hydrazone groups is 1. The van der Waals surface area contributed by atoms with Crippen LogP contribution in [0.5, 0.6) is 11.5 Å². The molecule has 5 rings (SSSR count). The molecule has 2 aliphatic heterocycles. The molecule has 3 heterocycles. The molecular weight excluding hydrogens is 448 g/mol. The van der Waals surface area contributed by atoms with E-state index in [0.29, 0.717) is 17.9 Å². The van der Waals surface area contributed by atoms with Gasteiger partial charge in [-0.1, -0.05) is 12.1 Å². The van der Waals surface area contributed by atoms with Crippen molar-refractivity contribution in [3.05, 3.63) is 78.3 Å². The number of carbonyl (C=O) groups excluding carboxylic acids is 2. The Morgan fingerprint density at radius 1 is 1.11 bits per heavy atom. The van der Waals surface area contributed by atoms with E-state index in [1.54, 1.807) is 32.6 Å². The number of furan rings is 1. The minimum absolute atomic E-state index is 0.0322. The summed E-state index contributed by atoms with van der Waals surface area (Å²) in [5.41, 5.74) is 2.45. The largest absolute Gasteiger partial charge is 0.497 e. The summed E-state index contributed by atoms with van der Waals surface area (Å²) in [5.74, 6) is 1.52. The van der Waals surface area contributed by atoms with Crippen LogP contribution in [0.2, 0.25) is 0 Å². The van der Waals surface area contributed by atoms with Gasteiger partial charge in [0.25, 0.3) is 11.8 Å². The van der Waals surface area contributed by atoms with Crippen LogP contribution in [0.25, 0.3) is 0 Å². The third-order valence-corrected chi connectivity index (χ3v) is 6.19. The van der Waals surface area contributed by atoms with Gasteiger partial charge in [-0.15, -0.1) is 0 Å². The summed E-state index contributed by atoms with van der Waals surface area (Å²) in [6.45, 7) is 0.279. The van der Waals surface area contributed by atoms with Crippen LogP contribution in [0.1, 0.15) is 23.8 Å². The molecule has 9 nitrogen and oxygen atoms in total. The fourth-order valence-corrected chi connectivity index (χ4v) is 4.39. The van der Waals surface area contributed by atoms with Gasteiger partial charge in [-0.05, 0) is 54.1 Å². The van der Waals surface area contributed by atoms with Gasteiger partial charge in [0, 0.05) is 13.5 Å². The number of amides is 2. The number of hydrogen-bond acceptors (Lipinski definition) is 7. The van der Waals surface area contributed by atoms with Gasteiger partial charge in [0.1, 0.15) is 23.3 Å². The van der Waals surface area contributed by atoms with Crippen molar-refractivity contribution >= 4 is 23.2 Å². The minimum atomic E-state index is -0.722. The number of ether oxygens (including phenoxy) is 2. The zero-order valence-electron chi connectivity index (χ0n) is 19.5. The highest BCUT2D eigenvalue weighted by Gasteiger charge is 2.37. The van der Waals surface area contributed by atoms with Gasteiger partial charge in [0.05, 0.1) is 37.9 Å². The first kappa shape index (κ1) is 22.5. The summed E-state index contributed by atoms with van der Waals surface area (Å²) < 4.78 is 16.8. The molecule has 35 heavy (non-hydrogen) atoms. The van der Waals surface area contributed by atoms with Gasteiger partial charge in [0.2, 0.25) is 0 Å². The van der Waals surface area contributed by atoms with Crippen LogP contribution < -0.4 is 19.7 Å². The third-order valence-electron chi connectivity index (χ3n) is 6.19. The molecule has 180 valence electrons. The molecule has 0 radical (unpaired) electrons. The number of hydrogen-bond donors (Lipinski definition) is 1. The van der Waals surface area contributed by atoms with Gasteiger partial charge in [-0.3, -0.25) is 9.59 Å². The van der Waals surface area contributed by atoms with E-state index in [1.165, 1.54) is 5.01 Å². The van der Waals surface area contributed by atoms with E-state index in [-0.39, 0.29) is 30.9 Å². The summed E-state index contributed by atoms with van der Waals surface area (Å²) >= 11 is 0. The van der Waals surface area contributed by atoms with Gasteiger partial charge >= 0.3 is 0 Å². The summed E-state index contributed by atoms with van der Waals surface area (Å²) in [7, 11) is 3.18. The first-order valence-electron chi connectivity index (χ1n) is 11.4. The van der Waals surface area contributed by atoms with Crippen molar-refractivity contribution in [1.82, 2.24) is 10.3 Å². The van der Waals surface area contributed by atoms with E-state index in [1.807, 2.05) is 53.4 Å². The minimum Gasteiger partial charge on any atom is -0.497 e. The van der Waals surface area contributed by atoms with Crippen LogP contribution >= 0.6 is 0 Å². The summed E-state index contributed by atoms with van der Waals surface area (Å²) in [6.07, 6.45) is 1.39. The van der Waals surface area contributed by atoms with Crippen LogP contribution in [0, 0.1) is 0 Å². The molecule has 2 amide bonds. The summed E-state index contributed by atoms with van der Waals surface area (Å²) in [5, 5.41) is 8.82. The van der Waals surface area contributed by atoms with E-state index < -0.39 is 6.10 Å². The van der Waals surface area contributed by atoms with Crippen molar-refractivity contribution in [2.45, 2.75) is 18.6 Å². The molecular formula is C26H26N4O5. The number of likely N-dealkylation sites (N-methyl/N-ethyl adjacent to an activating group) is 1. The normalized spacial score (nSPS) is 19.0. The zero-order valence-corrected chi connectivity index (χ0v) is 19.5. The monoisotopic (exact) mass is 474 g/mol. The highest BCUT2D eigenvalue weighted by molar-refractivity contribution is 6.03. The van der Waals surface area contributed by atoms with Crippen LogP contribution in [0.3, 0.4) is 0 Å². The molecule has 0 saturated carbocycles. The number of nitrogens with one attached hydrogen (secondary N) is 1. The molecule has 0 aliphatic carbocycles. The highest BCUT2D eigenvalue weighted by atomic mass is 16.5. The Kier molecular flexibility index (Phi) is 6.13. The molecule has 9 heteroatoms. The van der Waals surface area contributed by atoms with E-state index in [0.717, 1.165) is 22.7 Å². The van der Waals surface area contributed by atoms with Crippen molar-refractivity contribution in [3.63, 3.8) is 0 Å². The van der Waals surface area contributed by atoms with E-state index in [4.69, 9.17) is 19.0 Å². The number of benzene rings is 2. The third kappa shape index (κ3) is 4.44. The lowest BCUT2D eigenvalue weighted by atomic mass is 10.0. The van der Waals surface area contributed by atoms with Crippen LogP contribution in [-0.4, -0.2) is 55.9 Å². The number of rotatable bonds is 6. The second-order valence-corrected chi connectivity index (χ2v) is 8.32. The quantitative estimate of drug-likeness (QED) is 0.590. The standard InChI is InChI=1S/C26H26N4O5/c1-27-26(32)24-15-29(20-6-3-4-7-23(20)35-24)16-25(31)30-21(22-8-5-13-34-22)14-19(28-30)17-9-11-18(33-2)12-10-17/h3-13,21,24H,14-16H2,1-2H3,(H,27,32)/t21-,24-/m0/s1. The lowest BCUT2D eigenvalue weighted by Gasteiger charge is -2.35. The molecule has 0 unspecified atom stereocenters. The van der Waals surface area contributed by atoms with E-state index >= 15 is 0 Å². The number of anilines is 1. The Morgan fingerprint density at radius 2 is 1.91 bits per heavy atom. The fraction of sp³-hybridized carbons (Fsp3) is 0.269. The average Bonchev–Trinajstić information content (AvgIpc) is 3.58. The zero-order chi connectivity index (χ0) is 24.4. The lowest BCUT2D eigenvalue weighted by molar-refractivity contribution is -0.132. The van der Waals surface area contributed by atoms with E-state index in [9.17, 15) is 9.59 Å². The predicted molar refractivity (Wildman–Crippen MR) is 130 cm³/mol. The molecule has 1 N–H and O–H groups in total. The molecule has 2 aliphatic rings. The summed E-state index contributed by atoms with van der Waals surface area (Å²) in [4.78, 5) is 27.8. The molecule has 0 fully saturated rings. The summed E-state index contributed by atoms with van der Waals surface area (Å²) in [6, 6.07) is 18.3. The number of methoxy groups -OCH3 is 1. The molecule has 3 aromatic rings. The van der Waals surface area contributed by atoms with Gasteiger partial charge in [-0.25, -0.2) is 5.01 Å². The molecule has 2 atom stereocenters. The first-order chi connectivity index (χ1) is 17.1. The highest BCUT2D eigenvalue weighted by Crippen LogP contribution is 2.36. The Balaban J connectivity index is 1.42. The second-order valence-electron chi connectivity index (χ2n) is 8.32. The predicted octanol–water partition coefficient (Wildman–Crippen LogP) is 2.98. The maximum absolute atomic E-state index is 13.6. The lowest BCUT2D eigenvalue weighted by Crippen LogP contribution is -2.50. The van der Waals surface area contributed by atoms with Crippen molar-refractivity contribution in [2.75, 3.05) is 32.1 Å². The van der Waals surface area contributed by atoms with Gasteiger partial charge < -0.3 is 24.1 Å². The average molecular weight is 475 g/mol. The molecule has 2 aromatic carbocycles. The molecule has 0 bridgehead atoms. The van der Waals surface area contributed by atoms with Crippen LogP contribution in [0.4, 0.5) is 5.69 Å². The topological polar surface area (TPSA) is 96.6 Å². The Bertz CT molecular complexity index is 1240. The Hall–Kier alpha value is -4.27. The second kappa shape index (κ2) is 9.54. The molecule has 0 spiro atoms. The SMILES string of the molecule is CNC(=O)[C@@H]1CN(CC(=O)N2N=C(c3ccc(OC)cc3)C[C@H]2c2ccco2)c2ccccc2O1. The number of nitrogens with zero attached hydrogens (tertiary/aromatic N) is 3. The Morgan fingerprint density at radius 3 is 2.63 bits per heavy atom. The first-order valence-corrected chi connectivity index (χ1v) is 11.4. The van der Waals surface area contributed by atoms with Gasteiger partial charge in [0.15, 0.2) is 6.10 Å². The van der Waals surface area contributed by atoms with Crippen LogP contribution in [-0.2, 0) is 9.59 Å². The maximum Gasteiger partial charge on any atom is 0.262 e.